The zero-order valence-corrected chi connectivity index (χ0v) is 12.6. The first kappa shape index (κ1) is 4.11. The molecule has 0 amide bonds. The van der Waals surface area contributed by atoms with Gasteiger partial charge in [-0.15, -0.1) is 0 Å². The largest absolute Gasteiger partial charge is 0.336 e. The molecule has 140 valence electrons. The fourth-order valence-corrected chi connectivity index (χ4v) is 3.03. The van der Waals surface area contributed by atoms with Gasteiger partial charge in [-0.3, -0.25) is 13.9 Å². The normalized spacial score (nSPS) is 69.4. The highest BCUT2D eigenvalue weighted by Crippen LogP contribution is 2.65. The van der Waals surface area contributed by atoms with Gasteiger partial charge in [0.25, 0.3) is 5.56 Å². The van der Waals surface area contributed by atoms with Crippen molar-refractivity contribution in [3.8, 4) is 0 Å². The lowest BCUT2D eigenvalue weighted by molar-refractivity contribution is 0.262. The number of imidazole rings is 1. The van der Waals surface area contributed by atoms with Crippen molar-refractivity contribution in [1.29, 1.82) is 0 Å². The van der Waals surface area contributed by atoms with Crippen molar-refractivity contribution in [1.82, 2.24) is 19.1 Å². The summed E-state index contributed by atoms with van der Waals surface area (Å²) in [6.45, 7) is -17.2. The molecule has 4 saturated carbocycles. The molecule has 26 heavy (non-hydrogen) atoms. The minimum atomic E-state index is -4.50. The zero-order chi connectivity index (χ0) is 42.8. The highest BCUT2D eigenvalue weighted by atomic mass is 16.2. The number of hydrogen-bond acceptors (Lipinski definition) is 3. The first-order valence-corrected chi connectivity index (χ1v) is 7.14. The fraction of sp³-hybridized carbons (Fsp3) is 0.750. The van der Waals surface area contributed by atoms with Crippen molar-refractivity contribution in [2.75, 3.05) is 0 Å². The molecule has 1 N–H and O–H groups in total. The molecule has 2 unspecified atom stereocenters. The molecule has 2 aromatic rings. The second kappa shape index (κ2) is 5.57. The Kier molecular flexibility index (Phi) is 0.880. The van der Waals surface area contributed by atoms with E-state index in [4.69, 9.17) is 37.1 Å². The molecule has 0 saturated heterocycles. The van der Waals surface area contributed by atoms with Gasteiger partial charge in [0.1, 0.15) is 11.3 Å². The van der Waals surface area contributed by atoms with Gasteiger partial charge < -0.3 is 4.98 Å². The Morgan fingerprint density at radius 3 is 2.65 bits per heavy atom. The van der Waals surface area contributed by atoms with Crippen LogP contribution in [0.15, 0.2) is 9.59 Å². The lowest BCUT2D eigenvalue weighted by atomic mass is 9.75. The summed E-state index contributed by atoms with van der Waals surface area (Å²) in [6, 6.07) is 0. The third kappa shape index (κ3) is 2.01. The van der Waals surface area contributed by atoms with E-state index in [0.717, 1.165) is 0 Å². The van der Waals surface area contributed by atoms with E-state index in [0.29, 0.717) is 0 Å². The highest BCUT2D eigenvalue weighted by molar-refractivity contribution is 5.70. The second-order valence-corrected chi connectivity index (χ2v) is 5.45. The van der Waals surface area contributed by atoms with E-state index in [1.165, 1.54) is 0 Å². The van der Waals surface area contributed by atoms with Crippen LogP contribution < -0.4 is 11.2 Å². The monoisotopic (exact) mass is 384 g/mol. The third-order valence-electron chi connectivity index (χ3n) is 4.06. The summed E-state index contributed by atoms with van der Waals surface area (Å²) < 4.78 is 234. The summed E-state index contributed by atoms with van der Waals surface area (Å²) in [5.74, 6) is -14.6. The SMILES string of the molecule is [2H]n1c(C23C([2H])([2H])C4([2H])C([2H])([2H])C([2H])(C([2H])([2H])C2([2H])C4([2H])[2H])C3([2H])[2H])nc2c1c(=O)n(C([2H])([2H])C([2H])([2H])C([2H])([2H])[2H])c(=O)n2C([2H])([2H])C([2H])([2H])C([2H])([2H])[2H]. The maximum Gasteiger partial charge on any atom is 0.332 e. The maximum atomic E-state index is 14.1. The molecule has 4 bridgehead atoms. The molecule has 0 radical (unpaired) electrons. The summed E-state index contributed by atoms with van der Waals surface area (Å²) in [4.78, 5) is 31.2. The minimum Gasteiger partial charge on any atom is -0.336 e. The van der Waals surface area contributed by atoms with Gasteiger partial charge in [-0.1, -0.05) is 13.7 Å². The molecule has 4 fully saturated rings. The van der Waals surface area contributed by atoms with Gasteiger partial charge in [0.15, 0.2) is 7.06 Å². The first-order valence-electron chi connectivity index (χ1n) is 21.1. The number of H-pyrrole nitrogens is 1. The van der Waals surface area contributed by atoms with Crippen LogP contribution in [0.3, 0.4) is 0 Å². The van der Waals surface area contributed by atoms with Crippen molar-refractivity contribution in [3.05, 3.63) is 26.7 Å². The molecule has 6 nitrogen and oxygen atoms in total. The molecular weight excluding hydrogens is 328 g/mol. The van der Waals surface area contributed by atoms with E-state index in [1.54, 1.807) is 0 Å². The molecule has 0 aliphatic heterocycles. The van der Waals surface area contributed by atoms with E-state index >= 15 is 0 Å². The highest BCUT2D eigenvalue weighted by Gasteiger charge is 2.59. The summed E-state index contributed by atoms with van der Waals surface area (Å²) in [6.07, 6.45) is -30.1. The van der Waals surface area contributed by atoms with Crippen molar-refractivity contribution < 1.29 is 38.4 Å². The first-order chi connectivity index (χ1) is 23.3. The van der Waals surface area contributed by atoms with E-state index in [1.807, 2.05) is 0 Å². The smallest absolute Gasteiger partial charge is 0.332 e. The van der Waals surface area contributed by atoms with Crippen molar-refractivity contribution in [2.45, 2.75) is 76.7 Å². The Bertz CT molecular complexity index is 2070. The summed E-state index contributed by atoms with van der Waals surface area (Å²) >= 11 is 0. The van der Waals surface area contributed by atoms with Crippen LogP contribution in [0.25, 0.3) is 11.2 Å². The van der Waals surface area contributed by atoms with Gasteiger partial charge in [-0.25, -0.2) is 9.78 Å². The van der Waals surface area contributed by atoms with Gasteiger partial charge in [-0.2, -0.15) is 0 Å². The topological polar surface area (TPSA) is 72.7 Å². The molecule has 2 aromatic heterocycles. The molecule has 6 rings (SSSR count). The molecule has 4 aliphatic rings. The molecule has 6 heteroatoms. The summed E-state index contributed by atoms with van der Waals surface area (Å²) in [7, 11) is 0. The number of hydrogen-bond donors (Lipinski definition) is 1. The van der Waals surface area contributed by atoms with Gasteiger partial charge in [0.2, 0.25) is 0 Å². The number of aromatic nitrogens is 4. The number of aryl methyl sites for hydroxylation is 1. The minimum absolute atomic E-state index is 0.643. The number of nitrogens with zero attached hydrogens (tertiary/aromatic N) is 3. The second-order valence-electron chi connectivity index (χ2n) is 5.45. The number of fused-ring (bicyclic) bond motifs is 1. The molecule has 2 heterocycles. The van der Waals surface area contributed by atoms with Crippen LogP contribution in [-0.4, -0.2) is 19.1 Å². The maximum absolute atomic E-state index is 14.1. The predicted molar refractivity (Wildman–Crippen MR) is 100 cm³/mol. The lowest BCUT2D eigenvalue weighted by Gasteiger charge is -2.30. The zero-order valence-electron chi connectivity index (χ0n) is 40.6. The molecule has 0 spiro atoms. The van der Waals surface area contributed by atoms with Gasteiger partial charge in [-0.05, 0) is 62.3 Å². The Morgan fingerprint density at radius 1 is 1.27 bits per heavy atom. The van der Waals surface area contributed by atoms with E-state index < -0.39 is 137 Å². The lowest BCUT2D eigenvalue weighted by Crippen LogP contribution is -2.40. The standard InChI is InChI=1S/C20H28N4O2/c1-3-5-23-16-15(17(25)24(6-4-2)19(23)26)21-18(22-16)20-10-12-7-13(11-20)9-14(20)8-12/h12-14H,3-11H2,1-2H3,(H,21,22)/i1D3,2D3,3D2,4D2,5D2,6D2,7D2,8D2,9D2,10D2,11D2,12D,13D,14D/hD. The van der Waals surface area contributed by atoms with Crippen molar-refractivity contribution >= 4 is 11.2 Å². The Hall–Kier alpha value is -1.85. The quantitative estimate of drug-likeness (QED) is 0.861. The van der Waals surface area contributed by atoms with Gasteiger partial charge >= 0.3 is 5.69 Å². The average molecular weight is 385 g/mol. The number of nitrogens with one attached hydrogen (secondary N) is 1. The van der Waals surface area contributed by atoms with E-state index in [9.17, 15) is 11.0 Å². The van der Waals surface area contributed by atoms with Crippen molar-refractivity contribution in [2.24, 2.45) is 17.7 Å². The summed E-state index contributed by atoms with van der Waals surface area (Å²) in [5.41, 5.74) is -13.0. The third-order valence-corrected chi connectivity index (χ3v) is 4.06. The van der Waals surface area contributed by atoms with Crippen LogP contribution in [0.4, 0.5) is 0 Å². The Labute approximate surface area is 192 Å². The molecular formula is C20H28N4O2. The summed E-state index contributed by atoms with van der Waals surface area (Å²) in [5, 5.41) is 0. The molecule has 4 aliphatic carbocycles. The number of aromatic amines is 1. The Balaban J connectivity index is 2.16. The molecule has 0 aromatic carbocycles. The predicted octanol–water partition coefficient (Wildman–Crippen LogP) is 2.78. The van der Waals surface area contributed by atoms with Crippen LogP contribution in [0.5, 0.6) is 0 Å². The van der Waals surface area contributed by atoms with Crippen LogP contribution in [0, 0.1) is 17.7 Å². The van der Waals surface area contributed by atoms with E-state index in [-0.39, 0.29) is 0 Å². The Morgan fingerprint density at radius 2 is 1.96 bits per heavy atom. The van der Waals surface area contributed by atoms with Crippen LogP contribution in [0.1, 0.15) is 101 Å². The molecule has 2 atom stereocenters. The van der Waals surface area contributed by atoms with Crippen LogP contribution in [-0.2, 0) is 18.4 Å². The van der Waals surface area contributed by atoms with E-state index in [2.05, 4.69) is 4.98 Å². The van der Waals surface area contributed by atoms with Gasteiger partial charge in [0, 0.05) is 52.7 Å². The number of rotatable bonds is 5. The average Bonchev–Trinajstić information content (AvgIpc) is 3.35. The van der Waals surface area contributed by atoms with Crippen LogP contribution in [0.2, 0.25) is 1.41 Å². The van der Waals surface area contributed by atoms with Gasteiger partial charge in [0.05, 0.1) is 2.74 Å². The van der Waals surface area contributed by atoms with Crippen molar-refractivity contribution in [3.63, 3.8) is 0 Å². The van der Waals surface area contributed by atoms with Crippen LogP contribution >= 0.6 is 0 Å². The fourth-order valence-electron chi connectivity index (χ4n) is 3.03.